The summed E-state index contributed by atoms with van der Waals surface area (Å²) in [5.41, 5.74) is 2.18. The lowest BCUT2D eigenvalue weighted by molar-refractivity contribution is 0.109. The minimum absolute atomic E-state index is 0.163. The molecule has 0 unspecified atom stereocenters. The van der Waals surface area contributed by atoms with Gasteiger partial charge < -0.3 is 4.74 Å². The van der Waals surface area contributed by atoms with E-state index in [9.17, 15) is 4.79 Å². The fourth-order valence-electron chi connectivity index (χ4n) is 1.63. The Labute approximate surface area is 110 Å². The van der Waals surface area contributed by atoms with Gasteiger partial charge in [-0.25, -0.2) is 0 Å². The molecule has 0 spiro atoms. The first-order valence-electron chi connectivity index (χ1n) is 5.13. The van der Waals surface area contributed by atoms with Gasteiger partial charge in [0, 0.05) is 0 Å². The summed E-state index contributed by atoms with van der Waals surface area (Å²) in [5, 5.41) is 1.76. The molecule has 0 saturated heterocycles. The second kappa shape index (κ2) is 5.38. The molecule has 2 aromatic rings. The zero-order valence-electron chi connectivity index (χ0n) is 9.34. The lowest BCUT2D eigenvalue weighted by atomic mass is 10.1. The van der Waals surface area contributed by atoms with Crippen molar-refractivity contribution in [1.82, 2.24) is 0 Å². The topological polar surface area (TPSA) is 26.3 Å². The number of methoxy groups -OCH3 is 1. The molecule has 0 saturated carbocycles. The Bertz CT molecular complexity index is 514. The number of hydrogen-bond acceptors (Lipinski definition) is 3. The van der Waals surface area contributed by atoms with Gasteiger partial charge in [-0.3, -0.25) is 4.79 Å². The van der Waals surface area contributed by atoms with E-state index in [-0.39, 0.29) is 5.12 Å². The Balaban J connectivity index is 2.19. The van der Waals surface area contributed by atoms with E-state index in [1.807, 2.05) is 35.7 Å². The molecule has 0 aliphatic carbocycles. The van der Waals surface area contributed by atoms with Crippen LogP contribution in [0.5, 0.6) is 5.75 Å². The molecule has 1 aromatic heterocycles. The van der Waals surface area contributed by atoms with E-state index in [1.54, 1.807) is 7.11 Å². The van der Waals surface area contributed by atoms with Gasteiger partial charge >= 0.3 is 0 Å². The third-order valence-corrected chi connectivity index (χ3v) is 3.82. The van der Waals surface area contributed by atoms with Crippen LogP contribution in [-0.2, 0) is 6.42 Å². The number of carbonyl (C=O) groups is 1. The molecule has 1 heterocycles. The van der Waals surface area contributed by atoms with Crippen molar-refractivity contribution in [3.63, 3.8) is 0 Å². The average molecular weight is 264 g/mol. The maximum absolute atomic E-state index is 11.3. The van der Waals surface area contributed by atoms with E-state index in [1.165, 1.54) is 11.3 Å². The quantitative estimate of drug-likeness (QED) is 0.856. The highest BCUT2D eigenvalue weighted by atomic mass is 32.1. The second-order valence-electron chi connectivity index (χ2n) is 3.60. The minimum Gasteiger partial charge on any atom is -0.497 e. The van der Waals surface area contributed by atoms with Gasteiger partial charge in [0.25, 0.3) is 0 Å². The minimum atomic E-state index is -0.163. The van der Waals surface area contributed by atoms with Gasteiger partial charge in [-0.1, -0.05) is 24.8 Å². The summed E-state index contributed by atoms with van der Waals surface area (Å²) >= 11 is 5.31. The van der Waals surface area contributed by atoms with Crippen LogP contribution in [-0.4, -0.2) is 12.2 Å². The van der Waals surface area contributed by atoms with Gasteiger partial charge in [-0.2, -0.15) is 0 Å². The zero-order valence-corrected chi connectivity index (χ0v) is 11.1. The van der Waals surface area contributed by atoms with Gasteiger partial charge in [-0.05, 0) is 41.1 Å². The van der Waals surface area contributed by atoms with Crippen molar-refractivity contribution < 1.29 is 9.53 Å². The number of carbonyl (C=O) groups excluding carboxylic acids is 1. The number of thiophene rings is 1. The zero-order chi connectivity index (χ0) is 12.3. The van der Waals surface area contributed by atoms with Crippen LogP contribution < -0.4 is 4.74 Å². The highest BCUT2D eigenvalue weighted by Crippen LogP contribution is 2.22. The number of rotatable bonds is 4. The molecule has 0 aliphatic heterocycles. The van der Waals surface area contributed by atoms with Gasteiger partial charge in [0.1, 0.15) is 5.75 Å². The van der Waals surface area contributed by atoms with Crippen LogP contribution in [0.2, 0.25) is 0 Å². The molecule has 0 radical (unpaired) electrons. The van der Waals surface area contributed by atoms with E-state index < -0.39 is 0 Å². The first-order chi connectivity index (χ1) is 8.20. The fraction of sp³-hybridized carbons (Fsp3) is 0.154. The Morgan fingerprint density at radius 3 is 2.59 bits per heavy atom. The Kier molecular flexibility index (Phi) is 3.86. The predicted molar refractivity (Wildman–Crippen MR) is 73.4 cm³/mol. The first kappa shape index (κ1) is 12.2. The van der Waals surface area contributed by atoms with E-state index in [2.05, 4.69) is 12.6 Å². The van der Waals surface area contributed by atoms with Crippen molar-refractivity contribution >= 4 is 29.1 Å². The Morgan fingerprint density at radius 2 is 2.00 bits per heavy atom. The Hall–Kier alpha value is -1.26. The van der Waals surface area contributed by atoms with E-state index >= 15 is 0 Å². The summed E-state index contributed by atoms with van der Waals surface area (Å²) in [5.74, 6) is 0.838. The SMILES string of the molecule is COc1ccc(Cc2ccsc2C(=O)S)cc1. The molecular formula is C13H12O2S2. The van der Waals surface area contributed by atoms with Gasteiger partial charge in [0.2, 0.25) is 5.12 Å². The van der Waals surface area contributed by atoms with Crippen LogP contribution in [0.4, 0.5) is 0 Å². The monoisotopic (exact) mass is 264 g/mol. The molecule has 1 aromatic carbocycles. The summed E-state index contributed by atoms with van der Waals surface area (Å²) in [6.07, 6.45) is 0.745. The van der Waals surface area contributed by atoms with Crippen molar-refractivity contribution in [3.8, 4) is 5.75 Å². The van der Waals surface area contributed by atoms with Crippen LogP contribution in [0.1, 0.15) is 20.8 Å². The van der Waals surface area contributed by atoms with E-state index in [0.717, 1.165) is 28.2 Å². The smallest absolute Gasteiger partial charge is 0.226 e. The van der Waals surface area contributed by atoms with Gasteiger partial charge in [-0.15, -0.1) is 11.3 Å². The van der Waals surface area contributed by atoms with Crippen molar-refractivity contribution in [2.45, 2.75) is 6.42 Å². The summed E-state index contributed by atoms with van der Waals surface area (Å²) in [7, 11) is 1.64. The maximum Gasteiger partial charge on any atom is 0.226 e. The summed E-state index contributed by atoms with van der Waals surface area (Å²) < 4.78 is 5.10. The molecule has 0 bridgehead atoms. The molecule has 88 valence electrons. The Morgan fingerprint density at radius 1 is 1.29 bits per heavy atom. The van der Waals surface area contributed by atoms with E-state index in [0.29, 0.717) is 0 Å². The highest BCUT2D eigenvalue weighted by Gasteiger charge is 2.09. The van der Waals surface area contributed by atoms with Crippen LogP contribution in [0.3, 0.4) is 0 Å². The predicted octanol–water partition coefficient (Wildman–Crippen LogP) is 3.42. The lowest BCUT2D eigenvalue weighted by Crippen LogP contribution is -1.94. The van der Waals surface area contributed by atoms with Crippen molar-refractivity contribution in [1.29, 1.82) is 0 Å². The van der Waals surface area contributed by atoms with Crippen molar-refractivity contribution in [2.24, 2.45) is 0 Å². The highest BCUT2D eigenvalue weighted by molar-refractivity contribution is 7.97. The van der Waals surface area contributed by atoms with E-state index in [4.69, 9.17) is 4.74 Å². The standard InChI is InChI=1S/C13H12O2S2/c1-15-11-4-2-9(3-5-11)8-10-6-7-17-12(10)13(14)16/h2-7H,8H2,1H3,(H,14,16). The molecule has 0 amide bonds. The normalized spacial score (nSPS) is 10.2. The molecule has 0 aliphatic rings. The van der Waals surface area contributed by atoms with Gasteiger partial charge in [0.05, 0.1) is 12.0 Å². The third-order valence-electron chi connectivity index (χ3n) is 2.49. The second-order valence-corrected chi connectivity index (χ2v) is 4.93. The summed E-state index contributed by atoms with van der Waals surface area (Å²) in [6, 6.07) is 9.82. The maximum atomic E-state index is 11.3. The first-order valence-corrected chi connectivity index (χ1v) is 6.46. The van der Waals surface area contributed by atoms with Crippen LogP contribution >= 0.6 is 24.0 Å². The lowest BCUT2D eigenvalue weighted by Gasteiger charge is -2.03. The molecule has 4 heteroatoms. The van der Waals surface area contributed by atoms with Crippen LogP contribution in [0.25, 0.3) is 0 Å². The molecular weight excluding hydrogens is 252 g/mol. The van der Waals surface area contributed by atoms with Crippen molar-refractivity contribution in [2.75, 3.05) is 7.11 Å². The van der Waals surface area contributed by atoms with Crippen molar-refractivity contribution in [3.05, 3.63) is 51.7 Å². The molecule has 17 heavy (non-hydrogen) atoms. The molecule has 2 nitrogen and oxygen atoms in total. The number of thiol groups is 1. The third kappa shape index (κ3) is 2.90. The summed E-state index contributed by atoms with van der Waals surface area (Å²) in [4.78, 5) is 12.0. The fourth-order valence-corrected chi connectivity index (χ4v) is 2.69. The largest absolute Gasteiger partial charge is 0.497 e. The molecule has 0 atom stereocenters. The molecule has 2 rings (SSSR count). The van der Waals surface area contributed by atoms with Crippen LogP contribution in [0, 0.1) is 0 Å². The number of ether oxygens (including phenoxy) is 1. The van der Waals surface area contributed by atoms with Crippen LogP contribution in [0.15, 0.2) is 35.7 Å². The molecule has 0 N–H and O–H groups in total. The average Bonchev–Trinajstić information content (AvgIpc) is 2.78. The number of benzene rings is 1. The summed E-state index contributed by atoms with van der Waals surface area (Å²) in [6.45, 7) is 0. The van der Waals surface area contributed by atoms with Gasteiger partial charge in [0.15, 0.2) is 0 Å². The molecule has 0 fully saturated rings. The number of hydrogen-bond donors (Lipinski definition) is 1.